The molecule has 0 radical (unpaired) electrons. The number of amides is 1. The first-order valence-electron chi connectivity index (χ1n) is 7.19. The van der Waals surface area contributed by atoms with Crippen molar-refractivity contribution in [3.8, 4) is 5.69 Å². The number of hydrogen-bond acceptors (Lipinski definition) is 3. The van der Waals surface area contributed by atoms with Gasteiger partial charge in [0.05, 0.1) is 11.2 Å². The fraction of sp³-hybridized carbons (Fsp3) is 0.375. The van der Waals surface area contributed by atoms with Gasteiger partial charge in [0.15, 0.2) is 0 Å². The van der Waals surface area contributed by atoms with Crippen LogP contribution in [0.5, 0.6) is 0 Å². The summed E-state index contributed by atoms with van der Waals surface area (Å²) in [5, 5.41) is 7.15. The Labute approximate surface area is 137 Å². The summed E-state index contributed by atoms with van der Waals surface area (Å²) in [6, 6.07) is 9.72. The van der Waals surface area contributed by atoms with Gasteiger partial charge in [0.2, 0.25) is 5.91 Å². The number of nitrogens with two attached hydrogens (primary N) is 1. The normalized spacial score (nSPS) is 13.0. The van der Waals surface area contributed by atoms with Gasteiger partial charge in [0.1, 0.15) is 0 Å². The van der Waals surface area contributed by atoms with Crippen molar-refractivity contribution in [3.05, 3.63) is 48.3 Å². The van der Waals surface area contributed by atoms with Gasteiger partial charge in [-0.2, -0.15) is 5.10 Å². The summed E-state index contributed by atoms with van der Waals surface area (Å²) in [4.78, 5) is 12.2. The van der Waals surface area contributed by atoms with Crippen molar-refractivity contribution >= 4 is 18.3 Å². The van der Waals surface area contributed by atoms with Crippen LogP contribution in [0, 0.1) is 0 Å². The summed E-state index contributed by atoms with van der Waals surface area (Å²) in [6.45, 7) is 4.22. The van der Waals surface area contributed by atoms with Crippen LogP contribution in [0.15, 0.2) is 42.7 Å². The van der Waals surface area contributed by atoms with Crippen molar-refractivity contribution in [2.45, 2.75) is 38.8 Å². The first kappa shape index (κ1) is 18.2. The van der Waals surface area contributed by atoms with E-state index in [1.807, 2.05) is 43.5 Å². The summed E-state index contributed by atoms with van der Waals surface area (Å²) in [5.74, 6) is -0.125. The zero-order chi connectivity index (χ0) is 15.3. The van der Waals surface area contributed by atoms with Crippen LogP contribution in [0.2, 0.25) is 0 Å². The molecule has 1 aromatic heterocycles. The number of para-hydroxylation sites is 1. The van der Waals surface area contributed by atoms with Crippen molar-refractivity contribution in [3.63, 3.8) is 0 Å². The summed E-state index contributed by atoms with van der Waals surface area (Å²) < 4.78 is 1.79. The fourth-order valence-corrected chi connectivity index (χ4v) is 2.31. The Morgan fingerprint density at radius 3 is 2.73 bits per heavy atom. The molecule has 0 aliphatic rings. The average molecular weight is 323 g/mol. The molecule has 120 valence electrons. The zero-order valence-electron chi connectivity index (χ0n) is 13.0. The van der Waals surface area contributed by atoms with Crippen LogP contribution in [-0.4, -0.2) is 21.2 Å². The van der Waals surface area contributed by atoms with E-state index in [9.17, 15) is 4.79 Å². The minimum atomic E-state index is -0.824. The van der Waals surface area contributed by atoms with E-state index in [1.54, 1.807) is 17.8 Å². The first-order valence-corrected chi connectivity index (χ1v) is 7.19. The smallest absolute Gasteiger partial charge is 0.240 e. The molecule has 6 heteroatoms. The molecule has 0 saturated heterocycles. The number of carbonyl (C=O) groups is 1. The molecule has 0 fully saturated rings. The van der Waals surface area contributed by atoms with E-state index in [2.05, 4.69) is 10.4 Å². The molecule has 1 heterocycles. The van der Waals surface area contributed by atoms with Crippen molar-refractivity contribution in [2.24, 2.45) is 5.73 Å². The summed E-state index contributed by atoms with van der Waals surface area (Å²) in [5.41, 5.74) is 7.17. The third kappa shape index (κ3) is 4.32. The zero-order valence-corrected chi connectivity index (χ0v) is 13.8. The maximum absolute atomic E-state index is 12.2. The van der Waals surface area contributed by atoms with Crippen LogP contribution in [0.25, 0.3) is 5.69 Å². The molecule has 22 heavy (non-hydrogen) atoms. The third-order valence-electron chi connectivity index (χ3n) is 3.47. The molecule has 0 spiro atoms. The lowest BCUT2D eigenvalue weighted by molar-refractivity contribution is -0.126. The van der Waals surface area contributed by atoms with Gasteiger partial charge in [-0.25, -0.2) is 4.68 Å². The van der Waals surface area contributed by atoms with Gasteiger partial charge in [0.25, 0.3) is 0 Å². The Morgan fingerprint density at radius 1 is 1.36 bits per heavy atom. The molecule has 0 aliphatic heterocycles. The van der Waals surface area contributed by atoms with Gasteiger partial charge in [-0.1, -0.05) is 31.5 Å². The van der Waals surface area contributed by atoms with Crippen LogP contribution in [0.3, 0.4) is 0 Å². The standard InChI is InChI=1S/C16H22N4O.ClH/c1-3-9-16(2,17)15(21)18-12-13-7-4-5-8-14(13)20-11-6-10-19-20;/h4-8,10-11H,3,9,12,17H2,1-2H3,(H,18,21);1H. The van der Waals surface area contributed by atoms with E-state index >= 15 is 0 Å². The number of nitrogens with one attached hydrogen (secondary N) is 1. The molecule has 1 aromatic carbocycles. The van der Waals surface area contributed by atoms with Crippen molar-refractivity contribution < 1.29 is 4.79 Å². The molecule has 1 unspecified atom stereocenters. The SMILES string of the molecule is CCCC(C)(N)C(=O)NCc1ccccc1-n1cccn1.Cl. The molecule has 0 bridgehead atoms. The topological polar surface area (TPSA) is 72.9 Å². The van der Waals surface area contributed by atoms with Crippen molar-refractivity contribution in [1.82, 2.24) is 15.1 Å². The number of halogens is 1. The third-order valence-corrected chi connectivity index (χ3v) is 3.47. The number of nitrogens with zero attached hydrogens (tertiary/aromatic N) is 2. The molecule has 1 atom stereocenters. The second-order valence-corrected chi connectivity index (χ2v) is 5.43. The molecule has 2 rings (SSSR count). The molecule has 3 N–H and O–H groups in total. The van der Waals surface area contributed by atoms with Gasteiger partial charge in [-0.15, -0.1) is 12.4 Å². The summed E-state index contributed by atoms with van der Waals surface area (Å²) >= 11 is 0. The molecular weight excluding hydrogens is 300 g/mol. The Bertz CT molecular complexity index is 596. The minimum absolute atomic E-state index is 0. The summed E-state index contributed by atoms with van der Waals surface area (Å²) in [7, 11) is 0. The lowest BCUT2D eigenvalue weighted by Gasteiger charge is -2.23. The van der Waals surface area contributed by atoms with Crippen molar-refractivity contribution in [1.29, 1.82) is 0 Å². The Morgan fingerprint density at radius 2 is 2.09 bits per heavy atom. The maximum atomic E-state index is 12.2. The lowest BCUT2D eigenvalue weighted by atomic mass is 9.96. The van der Waals surface area contributed by atoms with Crippen LogP contribution in [0.1, 0.15) is 32.3 Å². The Balaban J connectivity index is 0.00000242. The highest BCUT2D eigenvalue weighted by Crippen LogP contribution is 2.14. The van der Waals surface area contributed by atoms with Gasteiger partial charge in [0, 0.05) is 18.9 Å². The predicted molar refractivity (Wildman–Crippen MR) is 90.2 cm³/mol. The second-order valence-electron chi connectivity index (χ2n) is 5.43. The molecule has 5 nitrogen and oxygen atoms in total. The largest absolute Gasteiger partial charge is 0.350 e. The van der Waals surface area contributed by atoms with Gasteiger partial charge >= 0.3 is 0 Å². The van der Waals surface area contributed by atoms with E-state index in [1.165, 1.54) is 0 Å². The van der Waals surface area contributed by atoms with Crippen LogP contribution < -0.4 is 11.1 Å². The van der Waals surface area contributed by atoms with Crippen LogP contribution >= 0.6 is 12.4 Å². The lowest BCUT2D eigenvalue weighted by Crippen LogP contribution is -2.51. The number of carbonyl (C=O) groups excluding carboxylic acids is 1. The highest BCUT2D eigenvalue weighted by atomic mass is 35.5. The molecular formula is C16H23ClN4O. The number of benzene rings is 1. The van der Waals surface area contributed by atoms with Crippen LogP contribution in [0.4, 0.5) is 0 Å². The predicted octanol–water partition coefficient (Wildman–Crippen LogP) is 2.43. The van der Waals surface area contributed by atoms with E-state index in [-0.39, 0.29) is 18.3 Å². The van der Waals surface area contributed by atoms with E-state index in [0.717, 1.165) is 17.7 Å². The first-order chi connectivity index (χ1) is 10.0. The Kier molecular flexibility index (Phi) is 6.59. The van der Waals surface area contributed by atoms with E-state index < -0.39 is 5.54 Å². The number of hydrogen-bond donors (Lipinski definition) is 2. The summed E-state index contributed by atoms with van der Waals surface area (Å²) in [6.07, 6.45) is 5.16. The van der Waals surface area contributed by atoms with E-state index in [4.69, 9.17) is 5.73 Å². The van der Waals surface area contributed by atoms with Gasteiger partial charge < -0.3 is 11.1 Å². The fourth-order valence-electron chi connectivity index (χ4n) is 2.31. The maximum Gasteiger partial charge on any atom is 0.240 e. The van der Waals surface area contributed by atoms with E-state index in [0.29, 0.717) is 13.0 Å². The molecule has 1 amide bonds. The Hall–Kier alpha value is -1.85. The average Bonchev–Trinajstić information content (AvgIpc) is 2.99. The monoisotopic (exact) mass is 322 g/mol. The molecule has 2 aromatic rings. The second kappa shape index (κ2) is 7.96. The highest BCUT2D eigenvalue weighted by Gasteiger charge is 2.26. The number of aromatic nitrogens is 2. The quantitative estimate of drug-likeness (QED) is 0.858. The highest BCUT2D eigenvalue weighted by molar-refractivity contribution is 5.85. The number of rotatable bonds is 6. The van der Waals surface area contributed by atoms with Crippen LogP contribution in [-0.2, 0) is 11.3 Å². The van der Waals surface area contributed by atoms with Crippen molar-refractivity contribution in [2.75, 3.05) is 0 Å². The minimum Gasteiger partial charge on any atom is -0.350 e. The van der Waals surface area contributed by atoms with Gasteiger partial charge in [-0.05, 0) is 31.0 Å². The van der Waals surface area contributed by atoms with Gasteiger partial charge in [-0.3, -0.25) is 4.79 Å². The molecule has 0 saturated carbocycles. The molecule has 0 aliphatic carbocycles.